The molecule has 1 aliphatic rings. The van der Waals surface area contributed by atoms with E-state index in [1.807, 2.05) is 19.1 Å². The molecular formula is C23H27N3O2S2. The van der Waals surface area contributed by atoms with Gasteiger partial charge in [-0.15, -0.1) is 11.3 Å². The molecule has 4 rings (SSSR count). The summed E-state index contributed by atoms with van der Waals surface area (Å²) in [4.78, 5) is 34.8. The quantitative estimate of drug-likeness (QED) is 0.496. The van der Waals surface area contributed by atoms with Gasteiger partial charge in [-0.2, -0.15) is 11.8 Å². The highest BCUT2D eigenvalue weighted by atomic mass is 32.2. The van der Waals surface area contributed by atoms with Gasteiger partial charge in [0.25, 0.3) is 5.56 Å². The number of aromatic nitrogens is 2. The van der Waals surface area contributed by atoms with Crippen LogP contribution in [-0.4, -0.2) is 21.6 Å². The molecule has 0 atom stereocenters. The minimum Gasteiger partial charge on any atom is -0.326 e. The Balaban J connectivity index is 1.34. The number of para-hydroxylation sites is 1. The number of aromatic amines is 1. The molecule has 30 heavy (non-hydrogen) atoms. The normalized spacial score (nSPS) is 13.2. The summed E-state index contributed by atoms with van der Waals surface area (Å²) in [5, 5.41) is 3.88. The van der Waals surface area contributed by atoms with Crippen molar-refractivity contribution in [2.75, 3.05) is 11.1 Å². The van der Waals surface area contributed by atoms with Crippen molar-refractivity contribution < 1.29 is 4.79 Å². The second kappa shape index (κ2) is 8.94. The van der Waals surface area contributed by atoms with E-state index in [1.54, 1.807) is 23.1 Å². The standard InChI is InChI=1S/C23H27N3O2S2/c1-13(2)15-7-4-6-14(3)21(15)26-19(27)10-11-29-12-18-24-22(28)20-16-8-5-9-17(16)30-23(20)25-18/h4,6-7,13H,5,8-12H2,1-3H3,(H,26,27)(H,24,25,28). The Kier molecular flexibility index (Phi) is 6.29. The van der Waals surface area contributed by atoms with Crippen LogP contribution in [-0.2, 0) is 23.4 Å². The first-order valence-electron chi connectivity index (χ1n) is 10.4. The monoisotopic (exact) mass is 441 g/mol. The number of hydrogen-bond donors (Lipinski definition) is 2. The molecule has 7 heteroatoms. The number of aryl methyl sites for hydroxylation is 3. The van der Waals surface area contributed by atoms with Crippen LogP contribution in [0.25, 0.3) is 10.2 Å². The van der Waals surface area contributed by atoms with Crippen molar-refractivity contribution in [3.63, 3.8) is 0 Å². The maximum atomic E-state index is 12.5. The maximum Gasteiger partial charge on any atom is 0.259 e. The minimum atomic E-state index is -0.0199. The van der Waals surface area contributed by atoms with Crippen LogP contribution in [0.1, 0.15) is 60.0 Å². The molecule has 5 nitrogen and oxygen atoms in total. The number of rotatable bonds is 7. The molecular weight excluding hydrogens is 414 g/mol. The van der Waals surface area contributed by atoms with Crippen LogP contribution in [0.5, 0.6) is 0 Å². The molecule has 0 spiro atoms. The van der Waals surface area contributed by atoms with E-state index in [9.17, 15) is 9.59 Å². The molecule has 0 radical (unpaired) electrons. The summed E-state index contributed by atoms with van der Waals surface area (Å²) < 4.78 is 0. The minimum absolute atomic E-state index is 0.0188. The molecule has 1 amide bonds. The molecule has 3 aromatic rings. The second-order valence-corrected chi connectivity index (χ2v) is 10.3. The number of carbonyl (C=O) groups is 1. The van der Waals surface area contributed by atoms with Crippen LogP contribution < -0.4 is 10.9 Å². The van der Waals surface area contributed by atoms with Crippen LogP contribution in [0.15, 0.2) is 23.0 Å². The van der Waals surface area contributed by atoms with Crippen molar-refractivity contribution in [2.45, 2.75) is 58.1 Å². The van der Waals surface area contributed by atoms with Gasteiger partial charge < -0.3 is 10.3 Å². The average Bonchev–Trinajstić information content (AvgIpc) is 3.27. The predicted octanol–water partition coefficient (Wildman–Crippen LogP) is 5.17. The van der Waals surface area contributed by atoms with E-state index in [4.69, 9.17) is 0 Å². The van der Waals surface area contributed by atoms with Gasteiger partial charge in [0.1, 0.15) is 10.7 Å². The van der Waals surface area contributed by atoms with Gasteiger partial charge in [0.2, 0.25) is 5.91 Å². The first kappa shape index (κ1) is 21.1. The van der Waals surface area contributed by atoms with Crippen LogP contribution in [0.3, 0.4) is 0 Å². The van der Waals surface area contributed by atoms with Crippen LogP contribution in [0.2, 0.25) is 0 Å². The summed E-state index contributed by atoms with van der Waals surface area (Å²) in [6, 6.07) is 6.12. The summed E-state index contributed by atoms with van der Waals surface area (Å²) in [5.74, 6) is 2.34. The van der Waals surface area contributed by atoms with E-state index in [0.29, 0.717) is 29.7 Å². The fraction of sp³-hybridized carbons (Fsp3) is 0.435. The van der Waals surface area contributed by atoms with Gasteiger partial charge in [0, 0.05) is 22.7 Å². The van der Waals surface area contributed by atoms with Gasteiger partial charge in [0.15, 0.2) is 0 Å². The lowest BCUT2D eigenvalue weighted by Gasteiger charge is -2.16. The smallest absolute Gasteiger partial charge is 0.259 e. The summed E-state index contributed by atoms with van der Waals surface area (Å²) in [6.07, 6.45) is 3.62. The molecule has 0 fully saturated rings. The Hall–Kier alpha value is -2.12. The molecule has 1 aliphatic carbocycles. The number of hydrogen-bond acceptors (Lipinski definition) is 5. The van der Waals surface area contributed by atoms with Gasteiger partial charge in [0.05, 0.1) is 11.1 Å². The third kappa shape index (κ3) is 4.32. The number of benzene rings is 1. The van der Waals surface area contributed by atoms with Crippen molar-refractivity contribution in [3.8, 4) is 0 Å². The molecule has 0 bridgehead atoms. The molecule has 2 heterocycles. The third-order valence-electron chi connectivity index (χ3n) is 5.53. The number of thioether (sulfide) groups is 1. The summed E-state index contributed by atoms with van der Waals surface area (Å²) >= 11 is 3.28. The molecule has 2 aromatic heterocycles. The van der Waals surface area contributed by atoms with E-state index in [2.05, 4.69) is 35.2 Å². The fourth-order valence-electron chi connectivity index (χ4n) is 3.99. The Bertz CT molecular complexity index is 1150. The van der Waals surface area contributed by atoms with Crippen molar-refractivity contribution in [2.24, 2.45) is 0 Å². The highest BCUT2D eigenvalue weighted by Gasteiger charge is 2.21. The topological polar surface area (TPSA) is 74.8 Å². The Labute approximate surface area is 184 Å². The summed E-state index contributed by atoms with van der Waals surface area (Å²) in [6.45, 7) is 6.29. The third-order valence-corrected chi connectivity index (χ3v) is 7.68. The van der Waals surface area contributed by atoms with Gasteiger partial charge in [-0.3, -0.25) is 9.59 Å². The fourth-order valence-corrected chi connectivity index (χ4v) is 6.08. The number of nitrogens with zero attached hydrogens (tertiary/aromatic N) is 1. The van der Waals surface area contributed by atoms with E-state index in [0.717, 1.165) is 46.3 Å². The molecule has 0 unspecified atom stereocenters. The molecule has 1 aromatic carbocycles. The zero-order valence-electron chi connectivity index (χ0n) is 17.6. The van der Waals surface area contributed by atoms with Crippen molar-refractivity contribution in [1.29, 1.82) is 0 Å². The number of H-pyrrole nitrogens is 1. The van der Waals surface area contributed by atoms with Crippen molar-refractivity contribution >= 4 is 44.9 Å². The average molecular weight is 442 g/mol. The van der Waals surface area contributed by atoms with Crippen LogP contribution in [0, 0.1) is 6.92 Å². The highest BCUT2D eigenvalue weighted by Crippen LogP contribution is 2.34. The molecule has 0 saturated heterocycles. The van der Waals surface area contributed by atoms with Gasteiger partial charge in [-0.05, 0) is 48.8 Å². The SMILES string of the molecule is Cc1cccc(C(C)C)c1NC(=O)CCSCc1nc2sc3c(c2c(=O)[nH]1)CCC3. The zero-order chi connectivity index (χ0) is 21.3. The Morgan fingerprint density at radius 1 is 1.33 bits per heavy atom. The number of carbonyl (C=O) groups excluding carboxylic acids is 1. The molecule has 158 valence electrons. The maximum absolute atomic E-state index is 12.5. The second-order valence-electron chi connectivity index (χ2n) is 8.09. The zero-order valence-corrected chi connectivity index (χ0v) is 19.3. The van der Waals surface area contributed by atoms with Crippen molar-refractivity contribution in [3.05, 3.63) is 55.9 Å². The van der Waals surface area contributed by atoms with Crippen LogP contribution in [0.4, 0.5) is 5.69 Å². The summed E-state index contributed by atoms with van der Waals surface area (Å²) in [7, 11) is 0. The molecule has 0 saturated carbocycles. The number of thiophene rings is 1. The molecule has 0 aliphatic heterocycles. The number of nitrogens with one attached hydrogen (secondary N) is 2. The first-order valence-corrected chi connectivity index (χ1v) is 12.4. The van der Waals surface area contributed by atoms with E-state index >= 15 is 0 Å². The number of amides is 1. The van der Waals surface area contributed by atoms with E-state index in [1.165, 1.54) is 10.4 Å². The number of fused-ring (bicyclic) bond motifs is 3. The van der Waals surface area contributed by atoms with Gasteiger partial charge >= 0.3 is 0 Å². The lowest BCUT2D eigenvalue weighted by molar-refractivity contribution is -0.115. The van der Waals surface area contributed by atoms with E-state index < -0.39 is 0 Å². The van der Waals surface area contributed by atoms with Gasteiger partial charge in [-0.25, -0.2) is 4.98 Å². The van der Waals surface area contributed by atoms with Gasteiger partial charge in [-0.1, -0.05) is 32.0 Å². The predicted molar refractivity (Wildman–Crippen MR) is 127 cm³/mol. The number of anilines is 1. The highest BCUT2D eigenvalue weighted by molar-refractivity contribution is 7.98. The lowest BCUT2D eigenvalue weighted by Crippen LogP contribution is -2.15. The first-order chi connectivity index (χ1) is 14.4. The van der Waals surface area contributed by atoms with Crippen LogP contribution >= 0.6 is 23.1 Å². The van der Waals surface area contributed by atoms with Crippen molar-refractivity contribution in [1.82, 2.24) is 9.97 Å². The van der Waals surface area contributed by atoms with E-state index in [-0.39, 0.29) is 11.5 Å². The summed E-state index contributed by atoms with van der Waals surface area (Å²) in [5.41, 5.74) is 4.36. The molecule has 2 N–H and O–H groups in total. The Morgan fingerprint density at radius 3 is 2.97 bits per heavy atom. The Morgan fingerprint density at radius 2 is 2.17 bits per heavy atom. The largest absolute Gasteiger partial charge is 0.326 e. The lowest BCUT2D eigenvalue weighted by atomic mass is 9.98.